The first-order chi connectivity index (χ1) is 8.55. The van der Waals surface area contributed by atoms with Crippen LogP contribution in [0.1, 0.15) is 30.5 Å². The van der Waals surface area contributed by atoms with Gasteiger partial charge in [0.15, 0.2) is 0 Å². The predicted molar refractivity (Wildman–Crippen MR) is 66.1 cm³/mol. The number of hydrogen-bond acceptors (Lipinski definition) is 4. The minimum Gasteiger partial charge on any atom is -0.481 e. The molecule has 2 rings (SSSR count). The predicted octanol–water partition coefficient (Wildman–Crippen LogP) is 1.93. The molecule has 0 saturated heterocycles. The van der Waals surface area contributed by atoms with Crippen LogP contribution >= 0.6 is 0 Å². The molecule has 1 fully saturated rings. The van der Waals surface area contributed by atoms with Crippen molar-refractivity contribution in [3.05, 3.63) is 23.4 Å². The van der Waals surface area contributed by atoms with Crippen molar-refractivity contribution in [2.75, 3.05) is 11.9 Å². The highest BCUT2D eigenvalue weighted by atomic mass is 16.4. The second-order valence-corrected chi connectivity index (χ2v) is 4.79. The molecule has 1 aliphatic rings. The molecule has 0 aliphatic heterocycles. The molecule has 2 N–H and O–H groups in total. The fourth-order valence-corrected chi connectivity index (χ4v) is 2.15. The maximum absolute atomic E-state index is 11.2. The summed E-state index contributed by atoms with van der Waals surface area (Å²) in [5.74, 6) is -0.187. The van der Waals surface area contributed by atoms with E-state index >= 15 is 0 Å². The first-order valence-corrected chi connectivity index (χ1v) is 5.92. The van der Waals surface area contributed by atoms with Crippen molar-refractivity contribution in [1.82, 2.24) is 4.98 Å². The molecule has 0 bridgehead atoms. The second-order valence-electron chi connectivity index (χ2n) is 4.79. The molecule has 1 aliphatic carbocycles. The third-order valence-corrected chi connectivity index (χ3v) is 3.45. The zero-order valence-corrected chi connectivity index (χ0v) is 10.2. The molecule has 0 amide bonds. The molecular formula is C13H15N3O2. The molecule has 5 heteroatoms. The Morgan fingerprint density at radius 1 is 1.61 bits per heavy atom. The average Bonchev–Trinajstić information content (AvgIpc) is 2.26. The van der Waals surface area contributed by atoms with Crippen molar-refractivity contribution in [1.29, 1.82) is 5.26 Å². The lowest BCUT2D eigenvalue weighted by Gasteiger charge is -2.37. The number of hydrogen-bond donors (Lipinski definition) is 2. The smallest absolute Gasteiger partial charge is 0.311 e. The fourth-order valence-electron chi connectivity index (χ4n) is 2.15. The number of anilines is 1. The minimum absolute atomic E-state index is 0.365. The number of nitrogens with zero attached hydrogens (tertiary/aromatic N) is 2. The average molecular weight is 245 g/mol. The van der Waals surface area contributed by atoms with Gasteiger partial charge in [0.05, 0.1) is 17.0 Å². The topological polar surface area (TPSA) is 86.0 Å². The van der Waals surface area contributed by atoms with Crippen LogP contribution in [0.15, 0.2) is 12.1 Å². The first kappa shape index (κ1) is 12.4. The van der Waals surface area contributed by atoms with Gasteiger partial charge in [0.25, 0.3) is 0 Å². The lowest BCUT2D eigenvalue weighted by Crippen LogP contribution is -2.43. The highest BCUT2D eigenvalue weighted by molar-refractivity contribution is 5.76. The van der Waals surface area contributed by atoms with Gasteiger partial charge in [0.2, 0.25) is 0 Å². The van der Waals surface area contributed by atoms with Gasteiger partial charge < -0.3 is 10.4 Å². The van der Waals surface area contributed by atoms with Crippen molar-refractivity contribution in [2.24, 2.45) is 5.41 Å². The summed E-state index contributed by atoms with van der Waals surface area (Å²) in [5, 5.41) is 21.1. The van der Waals surface area contributed by atoms with Gasteiger partial charge in [0.1, 0.15) is 5.82 Å². The molecule has 1 aromatic heterocycles. The molecular weight excluding hydrogens is 230 g/mol. The summed E-state index contributed by atoms with van der Waals surface area (Å²) in [6.07, 6.45) is 2.36. The van der Waals surface area contributed by atoms with E-state index < -0.39 is 11.4 Å². The molecule has 0 spiro atoms. The summed E-state index contributed by atoms with van der Waals surface area (Å²) in [6.45, 7) is 2.17. The molecule has 0 aromatic carbocycles. The number of aryl methyl sites for hydroxylation is 1. The standard InChI is InChI=1S/C13H15N3O2/c1-9-5-10(7-14)6-11(16-9)15-8-13(12(17)18)3-2-4-13/h5-6H,2-4,8H2,1H3,(H,15,16)(H,17,18). The van der Waals surface area contributed by atoms with Crippen molar-refractivity contribution >= 4 is 11.8 Å². The number of nitriles is 1. The zero-order chi connectivity index (χ0) is 13.2. The number of rotatable bonds is 4. The number of pyridine rings is 1. The molecule has 18 heavy (non-hydrogen) atoms. The molecule has 1 saturated carbocycles. The maximum atomic E-state index is 11.2. The lowest BCUT2D eigenvalue weighted by molar-refractivity contribution is -0.153. The third-order valence-electron chi connectivity index (χ3n) is 3.45. The normalized spacial score (nSPS) is 16.4. The SMILES string of the molecule is Cc1cc(C#N)cc(NCC2(C(=O)O)CCC2)n1. The fraction of sp³-hybridized carbons (Fsp3) is 0.462. The molecule has 0 unspecified atom stereocenters. The number of nitrogens with one attached hydrogen (secondary N) is 1. The number of carboxylic acids is 1. The van der Waals surface area contributed by atoms with Crippen molar-refractivity contribution in [2.45, 2.75) is 26.2 Å². The largest absolute Gasteiger partial charge is 0.481 e. The highest BCUT2D eigenvalue weighted by Gasteiger charge is 2.44. The molecule has 0 radical (unpaired) electrons. The van der Waals surface area contributed by atoms with E-state index in [-0.39, 0.29) is 0 Å². The Kier molecular flexibility index (Phi) is 3.19. The number of aliphatic carboxylic acids is 1. The van der Waals surface area contributed by atoms with Crippen molar-refractivity contribution < 1.29 is 9.90 Å². The van der Waals surface area contributed by atoms with E-state index in [0.717, 1.165) is 12.1 Å². The summed E-state index contributed by atoms with van der Waals surface area (Å²) < 4.78 is 0. The Bertz CT molecular complexity index is 515. The van der Waals surface area contributed by atoms with Crippen LogP contribution in [0, 0.1) is 23.7 Å². The van der Waals surface area contributed by atoms with E-state index in [1.807, 2.05) is 6.92 Å². The van der Waals surface area contributed by atoms with E-state index in [0.29, 0.717) is 30.8 Å². The van der Waals surface area contributed by atoms with Crippen LogP contribution < -0.4 is 5.32 Å². The van der Waals surface area contributed by atoms with Gasteiger partial charge in [-0.05, 0) is 31.9 Å². The molecule has 0 atom stereocenters. The van der Waals surface area contributed by atoms with E-state index in [1.165, 1.54) is 0 Å². The van der Waals surface area contributed by atoms with Gasteiger partial charge in [-0.15, -0.1) is 0 Å². The van der Waals surface area contributed by atoms with Crippen LogP contribution in [0.4, 0.5) is 5.82 Å². The maximum Gasteiger partial charge on any atom is 0.311 e. The van der Waals surface area contributed by atoms with Crippen LogP contribution in [0.5, 0.6) is 0 Å². The first-order valence-electron chi connectivity index (χ1n) is 5.92. The van der Waals surface area contributed by atoms with E-state index in [9.17, 15) is 9.90 Å². The van der Waals surface area contributed by atoms with E-state index in [1.54, 1.807) is 12.1 Å². The van der Waals surface area contributed by atoms with E-state index in [4.69, 9.17) is 5.26 Å². The Morgan fingerprint density at radius 2 is 2.33 bits per heavy atom. The summed E-state index contributed by atoms with van der Waals surface area (Å²) in [7, 11) is 0. The minimum atomic E-state index is -0.755. The van der Waals surface area contributed by atoms with E-state index in [2.05, 4.69) is 16.4 Å². The van der Waals surface area contributed by atoms with Gasteiger partial charge in [-0.25, -0.2) is 4.98 Å². The van der Waals surface area contributed by atoms with Gasteiger partial charge in [-0.1, -0.05) is 6.42 Å². The summed E-state index contributed by atoms with van der Waals surface area (Å²) in [4.78, 5) is 15.4. The summed E-state index contributed by atoms with van der Waals surface area (Å²) >= 11 is 0. The highest BCUT2D eigenvalue weighted by Crippen LogP contribution is 2.41. The van der Waals surface area contributed by atoms with Gasteiger partial charge in [-0.3, -0.25) is 4.79 Å². The van der Waals surface area contributed by atoms with Crippen LogP contribution in [-0.4, -0.2) is 22.6 Å². The number of carbonyl (C=O) groups is 1. The number of aromatic nitrogens is 1. The monoisotopic (exact) mass is 245 g/mol. The van der Waals surface area contributed by atoms with Crippen LogP contribution in [0.2, 0.25) is 0 Å². The van der Waals surface area contributed by atoms with Crippen LogP contribution in [0.25, 0.3) is 0 Å². The van der Waals surface area contributed by atoms with Crippen LogP contribution in [-0.2, 0) is 4.79 Å². The number of carboxylic acid groups (broad SMARTS) is 1. The molecule has 1 heterocycles. The Morgan fingerprint density at radius 3 is 2.83 bits per heavy atom. The van der Waals surface area contributed by atoms with Gasteiger partial charge in [-0.2, -0.15) is 5.26 Å². The Hall–Kier alpha value is -2.09. The quantitative estimate of drug-likeness (QED) is 0.846. The second kappa shape index (κ2) is 4.65. The summed E-state index contributed by atoms with van der Waals surface area (Å²) in [6, 6.07) is 5.40. The Balaban J connectivity index is 2.09. The summed E-state index contributed by atoms with van der Waals surface area (Å²) in [5.41, 5.74) is 0.621. The van der Waals surface area contributed by atoms with Gasteiger partial charge in [0, 0.05) is 12.2 Å². The zero-order valence-electron chi connectivity index (χ0n) is 10.2. The molecule has 94 valence electrons. The Labute approximate surface area is 105 Å². The molecule has 1 aromatic rings. The molecule has 5 nitrogen and oxygen atoms in total. The van der Waals surface area contributed by atoms with Crippen molar-refractivity contribution in [3.8, 4) is 6.07 Å². The lowest BCUT2D eigenvalue weighted by atomic mass is 9.69. The van der Waals surface area contributed by atoms with Crippen LogP contribution in [0.3, 0.4) is 0 Å². The van der Waals surface area contributed by atoms with Gasteiger partial charge >= 0.3 is 5.97 Å². The van der Waals surface area contributed by atoms with Crippen molar-refractivity contribution in [3.63, 3.8) is 0 Å². The third kappa shape index (κ3) is 2.28.